The molecular weight excluding hydrogens is 280 g/mol. The zero-order chi connectivity index (χ0) is 15.9. The molecule has 0 aliphatic heterocycles. The van der Waals surface area contributed by atoms with Crippen molar-refractivity contribution < 1.29 is 4.79 Å². The molecule has 0 radical (unpaired) electrons. The summed E-state index contributed by atoms with van der Waals surface area (Å²) in [5.74, 6) is 0.556. The van der Waals surface area contributed by atoms with Crippen LogP contribution in [0.4, 0.5) is 11.6 Å². The molecule has 1 aromatic heterocycles. The maximum Gasteiger partial charge on any atom is 0.221 e. The molecule has 0 aliphatic carbocycles. The Morgan fingerprint density at radius 3 is 2.68 bits per heavy atom. The Balaban J connectivity index is 2.23. The number of nitrogens with zero attached hydrogens (tertiary/aromatic N) is 2. The molecular formula is C15H18N6O. The summed E-state index contributed by atoms with van der Waals surface area (Å²) in [7, 11) is 0. The van der Waals surface area contributed by atoms with E-state index in [1.54, 1.807) is 6.92 Å². The number of nitrogens with one attached hydrogen (secondary N) is 3. The van der Waals surface area contributed by atoms with E-state index >= 15 is 0 Å². The molecule has 0 spiro atoms. The lowest BCUT2D eigenvalue weighted by atomic mass is 10.0. The molecule has 5 N–H and O–H groups in total. The van der Waals surface area contributed by atoms with Gasteiger partial charge in [0.2, 0.25) is 5.91 Å². The van der Waals surface area contributed by atoms with Gasteiger partial charge in [-0.3, -0.25) is 10.2 Å². The number of carbonyl (C=O) groups excluding carboxylic acids is 1. The van der Waals surface area contributed by atoms with Gasteiger partial charge >= 0.3 is 0 Å². The van der Waals surface area contributed by atoms with Crippen molar-refractivity contribution in [2.45, 2.75) is 13.3 Å². The molecule has 0 saturated heterocycles. The molecule has 22 heavy (non-hydrogen) atoms. The van der Waals surface area contributed by atoms with Crippen molar-refractivity contribution in [3.8, 4) is 0 Å². The van der Waals surface area contributed by atoms with Crippen LogP contribution in [0.1, 0.15) is 24.5 Å². The van der Waals surface area contributed by atoms with E-state index < -0.39 is 0 Å². The Morgan fingerprint density at radius 2 is 2.00 bits per heavy atom. The zero-order valence-corrected chi connectivity index (χ0v) is 12.3. The summed E-state index contributed by atoms with van der Waals surface area (Å²) in [5, 5.41) is 14.0. The second-order valence-corrected chi connectivity index (χ2v) is 4.53. The van der Waals surface area contributed by atoms with E-state index in [0.717, 1.165) is 0 Å². The van der Waals surface area contributed by atoms with E-state index in [1.165, 1.54) is 6.33 Å². The molecule has 1 amide bonds. The zero-order valence-electron chi connectivity index (χ0n) is 12.3. The Morgan fingerprint density at radius 1 is 1.27 bits per heavy atom. The van der Waals surface area contributed by atoms with Crippen LogP contribution in [0.15, 0.2) is 36.7 Å². The van der Waals surface area contributed by atoms with Crippen LogP contribution in [0.2, 0.25) is 0 Å². The fraction of sp³-hybridized carbons (Fsp3) is 0.200. The largest absolute Gasteiger partial charge is 0.383 e. The first kappa shape index (κ1) is 15.4. The highest BCUT2D eigenvalue weighted by Crippen LogP contribution is 2.21. The second kappa shape index (κ2) is 7.16. The summed E-state index contributed by atoms with van der Waals surface area (Å²) in [5.41, 5.74) is 7.25. The third-order valence-electron chi connectivity index (χ3n) is 3.05. The highest BCUT2D eigenvalue weighted by atomic mass is 16.1. The quantitative estimate of drug-likeness (QED) is 0.474. The van der Waals surface area contributed by atoms with E-state index in [4.69, 9.17) is 11.1 Å². The molecule has 1 aromatic carbocycles. The first-order valence-corrected chi connectivity index (χ1v) is 6.88. The van der Waals surface area contributed by atoms with Gasteiger partial charge in [-0.05, 0) is 0 Å². The minimum atomic E-state index is -0.0748. The van der Waals surface area contributed by atoms with Crippen molar-refractivity contribution in [2.75, 3.05) is 17.7 Å². The molecule has 0 aliphatic rings. The van der Waals surface area contributed by atoms with E-state index in [-0.39, 0.29) is 24.1 Å². The number of benzene rings is 1. The van der Waals surface area contributed by atoms with Crippen molar-refractivity contribution in [3.63, 3.8) is 0 Å². The summed E-state index contributed by atoms with van der Waals surface area (Å²) in [6.07, 6.45) is 1.72. The fourth-order valence-electron chi connectivity index (χ4n) is 1.88. The number of aromatic nitrogens is 2. The van der Waals surface area contributed by atoms with Gasteiger partial charge in [-0.15, -0.1) is 0 Å². The maximum absolute atomic E-state index is 11.3. The predicted octanol–water partition coefficient (Wildman–Crippen LogP) is 1.37. The minimum Gasteiger partial charge on any atom is -0.383 e. The first-order chi connectivity index (χ1) is 10.6. The SMILES string of the molecule is CCC(=O)NCNc1ncnc(N)c1C(=N)c1ccccc1. The molecule has 0 bridgehead atoms. The van der Waals surface area contributed by atoms with Crippen LogP contribution in [-0.2, 0) is 4.79 Å². The van der Waals surface area contributed by atoms with Gasteiger partial charge in [0.05, 0.1) is 17.9 Å². The molecule has 1 heterocycles. The van der Waals surface area contributed by atoms with Gasteiger partial charge in [-0.25, -0.2) is 9.97 Å². The van der Waals surface area contributed by atoms with Gasteiger partial charge in [0, 0.05) is 12.0 Å². The van der Waals surface area contributed by atoms with E-state index in [0.29, 0.717) is 23.4 Å². The number of nitrogen functional groups attached to an aromatic ring is 1. The molecule has 7 heteroatoms. The monoisotopic (exact) mass is 298 g/mol. The van der Waals surface area contributed by atoms with E-state index in [2.05, 4.69) is 20.6 Å². The molecule has 0 unspecified atom stereocenters. The van der Waals surface area contributed by atoms with Gasteiger partial charge in [0.1, 0.15) is 18.0 Å². The Labute approximate surface area is 128 Å². The smallest absolute Gasteiger partial charge is 0.221 e. The Kier molecular flexibility index (Phi) is 5.02. The molecule has 7 nitrogen and oxygen atoms in total. The standard InChI is InChI=1S/C15H18N6O/c1-2-11(22)18-8-20-15-12(14(17)19-9-21-15)13(16)10-6-4-3-5-7-10/h3-7,9,16H,2,8H2,1H3,(H,18,22)(H3,17,19,20,21). The third kappa shape index (κ3) is 3.57. The van der Waals surface area contributed by atoms with Crippen LogP contribution >= 0.6 is 0 Å². The Hall–Kier alpha value is -2.96. The molecule has 2 rings (SSSR count). The summed E-state index contributed by atoms with van der Waals surface area (Å²) in [6.45, 7) is 1.98. The molecule has 2 aromatic rings. The van der Waals surface area contributed by atoms with Crippen LogP contribution in [0.5, 0.6) is 0 Å². The first-order valence-electron chi connectivity index (χ1n) is 6.88. The lowest BCUT2D eigenvalue weighted by Crippen LogP contribution is -2.29. The minimum absolute atomic E-state index is 0.0748. The normalized spacial score (nSPS) is 10.0. The lowest BCUT2D eigenvalue weighted by Gasteiger charge is -2.13. The summed E-state index contributed by atoms with van der Waals surface area (Å²) in [4.78, 5) is 19.3. The molecule has 0 fully saturated rings. The lowest BCUT2D eigenvalue weighted by molar-refractivity contribution is -0.120. The van der Waals surface area contributed by atoms with Crippen LogP contribution in [-0.4, -0.2) is 28.3 Å². The number of anilines is 2. The third-order valence-corrected chi connectivity index (χ3v) is 3.05. The average molecular weight is 298 g/mol. The van der Waals surface area contributed by atoms with Crippen LogP contribution in [0.3, 0.4) is 0 Å². The van der Waals surface area contributed by atoms with Crippen molar-refractivity contribution in [1.82, 2.24) is 15.3 Å². The number of rotatable bonds is 6. The van der Waals surface area contributed by atoms with E-state index in [1.807, 2.05) is 30.3 Å². The van der Waals surface area contributed by atoms with Gasteiger partial charge < -0.3 is 16.4 Å². The highest BCUT2D eigenvalue weighted by molar-refractivity contribution is 6.16. The topological polar surface area (TPSA) is 117 Å². The summed E-state index contributed by atoms with van der Waals surface area (Å²) >= 11 is 0. The van der Waals surface area contributed by atoms with Gasteiger partial charge in [0.15, 0.2) is 0 Å². The number of amides is 1. The van der Waals surface area contributed by atoms with Crippen molar-refractivity contribution in [2.24, 2.45) is 0 Å². The molecule has 0 atom stereocenters. The number of hydrogen-bond donors (Lipinski definition) is 4. The average Bonchev–Trinajstić information content (AvgIpc) is 2.55. The number of hydrogen-bond acceptors (Lipinski definition) is 6. The van der Waals surface area contributed by atoms with Crippen molar-refractivity contribution >= 4 is 23.3 Å². The predicted molar refractivity (Wildman–Crippen MR) is 85.7 cm³/mol. The highest BCUT2D eigenvalue weighted by Gasteiger charge is 2.15. The van der Waals surface area contributed by atoms with Gasteiger partial charge in [-0.1, -0.05) is 37.3 Å². The van der Waals surface area contributed by atoms with Crippen molar-refractivity contribution in [1.29, 1.82) is 5.41 Å². The maximum atomic E-state index is 11.3. The van der Waals surface area contributed by atoms with Gasteiger partial charge in [-0.2, -0.15) is 0 Å². The van der Waals surface area contributed by atoms with Crippen LogP contribution in [0.25, 0.3) is 0 Å². The van der Waals surface area contributed by atoms with Crippen LogP contribution < -0.4 is 16.4 Å². The second-order valence-electron chi connectivity index (χ2n) is 4.53. The summed E-state index contributed by atoms with van der Waals surface area (Å²) < 4.78 is 0. The molecule has 114 valence electrons. The Bertz CT molecular complexity index is 671. The number of carbonyl (C=O) groups is 1. The summed E-state index contributed by atoms with van der Waals surface area (Å²) in [6, 6.07) is 9.20. The van der Waals surface area contributed by atoms with Crippen LogP contribution in [0, 0.1) is 5.41 Å². The van der Waals surface area contributed by atoms with Crippen molar-refractivity contribution in [3.05, 3.63) is 47.8 Å². The van der Waals surface area contributed by atoms with E-state index in [9.17, 15) is 4.79 Å². The molecule has 0 saturated carbocycles. The number of nitrogens with two attached hydrogens (primary N) is 1. The van der Waals surface area contributed by atoms with Gasteiger partial charge in [0.25, 0.3) is 0 Å². The fourth-order valence-corrected chi connectivity index (χ4v) is 1.88.